The summed E-state index contributed by atoms with van der Waals surface area (Å²) in [6.45, 7) is 7.94. The van der Waals surface area contributed by atoms with Gasteiger partial charge in [0.15, 0.2) is 0 Å². The number of alkyl halides is 3. The summed E-state index contributed by atoms with van der Waals surface area (Å²) in [6, 6.07) is 0.621. The molecule has 1 aromatic rings. The first-order valence-corrected chi connectivity index (χ1v) is 8.69. The van der Waals surface area contributed by atoms with Gasteiger partial charge in [0.05, 0.1) is 11.7 Å². The standard InChI is InChI=1S/C18H27F3N2O2/c1-12(2)7-13(3)23-9-14(5-6-22-10-15(11-22)25-4)16(8-17(23)24)18(19,20)21/h8-9,12-13,15H,5-7,10-11H2,1-4H3. The number of nitrogens with zero attached hydrogens (tertiary/aromatic N) is 2. The van der Waals surface area contributed by atoms with Crippen LogP contribution in [-0.4, -0.2) is 42.3 Å². The van der Waals surface area contributed by atoms with Crippen molar-refractivity contribution in [3.8, 4) is 0 Å². The Kier molecular flexibility index (Phi) is 6.32. The van der Waals surface area contributed by atoms with Crippen LogP contribution in [0.25, 0.3) is 0 Å². The Hall–Kier alpha value is -1.34. The van der Waals surface area contributed by atoms with E-state index in [9.17, 15) is 18.0 Å². The number of rotatable bonds is 7. The monoisotopic (exact) mass is 360 g/mol. The molecule has 0 spiro atoms. The molecule has 1 unspecified atom stereocenters. The Morgan fingerprint density at radius 1 is 1.28 bits per heavy atom. The molecule has 1 fully saturated rings. The third-order valence-corrected chi connectivity index (χ3v) is 4.71. The van der Waals surface area contributed by atoms with Crippen molar-refractivity contribution < 1.29 is 17.9 Å². The second-order valence-corrected chi connectivity index (χ2v) is 7.30. The lowest BCUT2D eigenvalue weighted by molar-refractivity contribution is -0.138. The summed E-state index contributed by atoms with van der Waals surface area (Å²) in [4.78, 5) is 14.2. The van der Waals surface area contributed by atoms with E-state index in [0.717, 1.165) is 25.6 Å². The van der Waals surface area contributed by atoms with Crippen LogP contribution in [-0.2, 0) is 17.3 Å². The van der Waals surface area contributed by atoms with Crippen molar-refractivity contribution >= 4 is 0 Å². The molecular weight excluding hydrogens is 333 g/mol. The number of pyridine rings is 1. The molecule has 2 rings (SSSR count). The van der Waals surface area contributed by atoms with E-state index in [4.69, 9.17) is 4.74 Å². The molecule has 0 aliphatic carbocycles. The summed E-state index contributed by atoms with van der Waals surface area (Å²) < 4.78 is 46.6. The summed E-state index contributed by atoms with van der Waals surface area (Å²) in [6.07, 6.45) is -1.93. The lowest BCUT2D eigenvalue weighted by Gasteiger charge is -2.38. The highest BCUT2D eigenvalue weighted by Crippen LogP contribution is 2.32. The predicted octanol–water partition coefficient (Wildman–Crippen LogP) is 3.35. The lowest BCUT2D eigenvalue weighted by atomic mass is 10.0. The van der Waals surface area contributed by atoms with Gasteiger partial charge in [0.1, 0.15) is 0 Å². The zero-order valence-corrected chi connectivity index (χ0v) is 15.3. The second kappa shape index (κ2) is 7.91. The highest BCUT2D eigenvalue weighted by atomic mass is 19.4. The fourth-order valence-electron chi connectivity index (χ4n) is 3.33. The average molecular weight is 360 g/mol. The van der Waals surface area contributed by atoms with E-state index >= 15 is 0 Å². The maximum Gasteiger partial charge on any atom is 0.416 e. The smallest absolute Gasteiger partial charge is 0.379 e. The molecular formula is C18H27F3N2O2. The molecule has 1 saturated heterocycles. The summed E-state index contributed by atoms with van der Waals surface area (Å²) >= 11 is 0. The van der Waals surface area contributed by atoms with E-state index < -0.39 is 17.3 Å². The van der Waals surface area contributed by atoms with E-state index in [1.54, 1.807) is 7.11 Å². The minimum atomic E-state index is -4.51. The second-order valence-electron chi connectivity index (χ2n) is 7.30. The summed E-state index contributed by atoms with van der Waals surface area (Å²) in [5, 5.41) is 0. The van der Waals surface area contributed by atoms with Crippen LogP contribution in [0.5, 0.6) is 0 Å². The molecule has 0 amide bonds. The van der Waals surface area contributed by atoms with Gasteiger partial charge in [-0.05, 0) is 31.2 Å². The summed E-state index contributed by atoms with van der Waals surface area (Å²) in [5.74, 6) is 0.361. The molecule has 4 nitrogen and oxygen atoms in total. The van der Waals surface area contributed by atoms with Crippen LogP contribution in [0.2, 0.25) is 0 Å². The van der Waals surface area contributed by atoms with Crippen LogP contribution < -0.4 is 5.56 Å². The Morgan fingerprint density at radius 3 is 2.44 bits per heavy atom. The van der Waals surface area contributed by atoms with Crippen LogP contribution in [0.15, 0.2) is 17.1 Å². The van der Waals surface area contributed by atoms with Crippen molar-refractivity contribution in [1.82, 2.24) is 9.47 Å². The zero-order chi connectivity index (χ0) is 18.8. The Labute approximate surface area is 146 Å². The highest BCUT2D eigenvalue weighted by Gasteiger charge is 2.35. The highest BCUT2D eigenvalue weighted by molar-refractivity contribution is 5.27. The topological polar surface area (TPSA) is 34.5 Å². The first-order valence-electron chi connectivity index (χ1n) is 8.69. The molecule has 25 heavy (non-hydrogen) atoms. The Morgan fingerprint density at radius 2 is 1.92 bits per heavy atom. The number of methoxy groups -OCH3 is 1. The zero-order valence-electron chi connectivity index (χ0n) is 15.3. The summed E-state index contributed by atoms with van der Waals surface area (Å²) in [7, 11) is 1.63. The molecule has 142 valence electrons. The molecule has 0 N–H and O–H groups in total. The molecule has 1 aliphatic heterocycles. The third-order valence-electron chi connectivity index (χ3n) is 4.71. The van der Waals surface area contributed by atoms with Crippen molar-refractivity contribution in [3.63, 3.8) is 0 Å². The van der Waals surface area contributed by atoms with Crippen LogP contribution in [0, 0.1) is 5.92 Å². The maximum absolute atomic E-state index is 13.3. The van der Waals surface area contributed by atoms with Gasteiger partial charge in [-0.25, -0.2) is 0 Å². The number of hydrogen-bond acceptors (Lipinski definition) is 3. The number of hydrogen-bond donors (Lipinski definition) is 0. The largest absolute Gasteiger partial charge is 0.416 e. The average Bonchev–Trinajstić information content (AvgIpc) is 2.44. The van der Waals surface area contributed by atoms with E-state index in [2.05, 4.69) is 4.90 Å². The normalized spacial score (nSPS) is 17.8. The van der Waals surface area contributed by atoms with Gasteiger partial charge in [0.25, 0.3) is 5.56 Å². The van der Waals surface area contributed by atoms with Gasteiger partial charge in [0, 0.05) is 45.0 Å². The van der Waals surface area contributed by atoms with Gasteiger partial charge in [-0.15, -0.1) is 0 Å². The molecule has 2 heterocycles. The molecule has 0 saturated carbocycles. The van der Waals surface area contributed by atoms with Crippen molar-refractivity contribution in [2.24, 2.45) is 5.92 Å². The quantitative estimate of drug-likeness (QED) is 0.748. The number of ether oxygens (including phenoxy) is 1. The van der Waals surface area contributed by atoms with Gasteiger partial charge < -0.3 is 9.30 Å². The van der Waals surface area contributed by atoms with Gasteiger partial charge in [-0.2, -0.15) is 13.2 Å². The first-order chi connectivity index (χ1) is 11.6. The Bertz CT molecular complexity index is 634. The van der Waals surface area contributed by atoms with Gasteiger partial charge in [-0.3, -0.25) is 9.69 Å². The Balaban J connectivity index is 2.23. The molecule has 1 atom stereocenters. The SMILES string of the molecule is COC1CN(CCc2cn(C(C)CC(C)C)c(=O)cc2C(F)(F)F)C1. The van der Waals surface area contributed by atoms with E-state index in [0.29, 0.717) is 12.5 Å². The fraction of sp³-hybridized carbons (Fsp3) is 0.722. The van der Waals surface area contributed by atoms with Crippen LogP contribution >= 0.6 is 0 Å². The van der Waals surface area contributed by atoms with Crippen molar-refractivity contribution in [2.45, 2.75) is 51.9 Å². The lowest BCUT2D eigenvalue weighted by Crippen LogP contribution is -2.52. The number of likely N-dealkylation sites (tertiary alicyclic amines) is 1. The van der Waals surface area contributed by atoms with E-state index in [1.165, 1.54) is 10.8 Å². The molecule has 0 radical (unpaired) electrons. The minimum Gasteiger partial charge on any atom is -0.379 e. The predicted molar refractivity (Wildman–Crippen MR) is 90.8 cm³/mol. The first kappa shape index (κ1) is 20.0. The molecule has 0 aromatic carbocycles. The number of halogens is 3. The van der Waals surface area contributed by atoms with E-state index in [1.807, 2.05) is 20.8 Å². The van der Waals surface area contributed by atoms with Gasteiger partial charge in [-0.1, -0.05) is 13.8 Å². The van der Waals surface area contributed by atoms with Crippen molar-refractivity contribution in [3.05, 3.63) is 33.7 Å². The molecule has 1 aliphatic rings. The number of aromatic nitrogens is 1. The van der Waals surface area contributed by atoms with Crippen LogP contribution in [0.4, 0.5) is 13.2 Å². The van der Waals surface area contributed by atoms with Crippen molar-refractivity contribution in [2.75, 3.05) is 26.7 Å². The van der Waals surface area contributed by atoms with E-state index in [-0.39, 0.29) is 24.1 Å². The van der Waals surface area contributed by atoms with Gasteiger partial charge in [0.2, 0.25) is 0 Å². The third kappa shape index (κ3) is 5.07. The minimum absolute atomic E-state index is 0.129. The van der Waals surface area contributed by atoms with Crippen LogP contribution in [0.1, 0.15) is 44.4 Å². The molecule has 0 bridgehead atoms. The van der Waals surface area contributed by atoms with Crippen LogP contribution in [0.3, 0.4) is 0 Å². The van der Waals surface area contributed by atoms with Crippen molar-refractivity contribution in [1.29, 1.82) is 0 Å². The molecule has 7 heteroatoms. The summed E-state index contributed by atoms with van der Waals surface area (Å²) in [5.41, 5.74) is -1.22. The fourth-order valence-corrected chi connectivity index (χ4v) is 3.33. The maximum atomic E-state index is 13.3. The molecule has 1 aromatic heterocycles. The van der Waals surface area contributed by atoms with Gasteiger partial charge >= 0.3 is 6.18 Å².